The summed E-state index contributed by atoms with van der Waals surface area (Å²) in [4.78, 5) is 10.5. The summed E-state index contributed by atoms with van der Waals surface area (Å²) in [5.74, 6) is 0.763. The van der Waals surface area contributed by atoms with E-state index in [1.165, 1.54) is 0 Å². The molecule has 0 spiro atoms. The van der Waals surface area contributed by atoms with Crippen molar-refractivity contribution >= 4 is 28.5 Å². The van der Waals surface area contributed by atoms with Gasteiger partial charge in [-0.15, -0.1) is 0 Å². The predicted octanol–water partition coefficient (Wildman–Crippen LogP) is 1.68. The maximum absolute atomic E-state index is 8.64. The van der Waals surface area contributed by atoms with Gasteiger partial charge in [0.15, 0.2) is 0 Å². The maximum atomic E-state index is 8.64. The summed E-state index contributed by atoms with van der Waals surface area (Å²) in [6.45, 7) is 1.21. The minimum Gasteiger partial charge on any atom is -0.396 e. The van der Waals surface area contributed by atoms with Gasteiger partial charge in [0.1, 0.15) is 0 Å². The molecule has 0 aromatic carbocycles. The average Bonchev–Trinajstić information content (AvgIpc) is 2.25. The van der Waals surface area contributed by atoms with Crippen molar-refractivity contribution < 1.29 is 5.11 Å². The summed E-state index contributed by atoms with van der Waals surface area (Å²) < 4.78 is 1.05. The molecule has 0 saturated heterocycles. The number of aliphatic hydroxyl groups is 1. The van der Waals surface area contributed by atoms with Crippen LogP contribution in [0.5, 0.6) is 0 Å². The van der Waals surface area contributed by atoms with Crippen LogP contribution in [0.25, 0.3) is 0 Å². The van der Waals surface area contributed by atoms with Crippen molar-refractivity contribution in [1.82, 2.24) is 9.97 Å². The fourth-order valence-corrected chi connectivity index (χ4v) is 1.52. The SMILES string of the molecule is CN(CCCCCO)c1ncc(I)cn1. The molecule has 0 fully saturated rings. The number of anilines is 1. The van der Waals surface area contributed by atoms with Gasteiger partial charge in [-0.2, -0.15) is 0 Å². The van der Waals surface area contributed by atoms with Gasteiger partial charge in [-0.05, 0) is 41.9 Å². The highest BCUT2D eigenvalue weighted by molar-refractivity contribution is 14.1. The molecule has 0 aliphatic rings. The number of halogens is 1. The number of aromatic nitrogens is 2. The van der Waals surface area contributed by atoms with E-state index >= 15 is 0 Å². The smallest absolute Gasteiger partial charge is 0.225 e. The van der Waals surface area contributed by atoms with Gasteiger partial charge in [0.2, 0.25) is 5.95 Å². The molecule has 84 valence electrons. The van der Waals surface area contributed by atoms with E-state index < -0.39 is 0 Å². The highest BCUT2D eigenvalue weighted by atomic mass is 127. The van der Waals surface area contributed by atoms with E-state index in [1.54, 1.807) is 0 Å². The second-order valence-corrected chi connectivity index (χ2v) is 4.65. The van der Waals surface area contributed by atoms with Crippen LogP contribution in [0.3, 0.4) is 0 Å². The minimum atomic E-state index is 0.281. The maximum Gasteiger partial charge on any atom is 0.225 e. The summed E-state index contributed by atoms with van der Waals surface area (Å²) in [7, 11) is 1.99. The van der Waals surface area contributed by atoms with Crippen LogP contribution in [0.4, 0.5) is 5.95 Å². The van der Waals surface area contributed by atoms with E-state index in [1.807, 2.05) is 24.3 Å². The van der Waals surface area contributed by atoms with Crippen molar-refractivity contribution in [2.45, 2.75) is 19.3 Å². The lowest BCUT2D eigenvalue weighted by atomic mass is 10.2. The van der Waals surface area contributed by atoms with Gasteiger partial charge in [0.05, 0.1) is 0 Å². The van der Waals surface area contributed by atoms with Gasteiger partial charge < -0.3 is 10.0 Å². The van der Waals surface area contributed by atoms with Gasteiger partial charge in [-0.25, -0.2) is 9.97 Å². The van der Waals surface area contributed by atoms with Gasteiger partial charge in [-0.3, -0.25) is 0 Å². The first-order valence-corrected chi connectivity index (χ1v) is 6.11. The lowest BCUT2D eigenvalue weighted by Gasteiger charge is -2.16. The Morgan fingerprint density at radius 3 is 2.53 bits per heavy atom. The molecule has 0 unspecified atom stereocenters. The number of nitrogens with zero attached hydrogens (tertiary/aromatic N) is 3. The zero-order valence-corrected chi connectivity index (χ0v) is 11.0. The monoisotopic (exact) mass is 321 g/mol. The molecule has 1 aromatic rings. The molecule has 0 aliphatic heterocycles. The predicted molar refractivity (Wildman–Crippen MR) is 69.0 cm³/mol. The van der Waals surface area contributed by atoms with Crippen LogP contribution in [0.15, 0.2) is 12.4 Å². The zero-order chi connectivity index (χ0) is 11.1. The Bertz CT molecular complexity index is 279. The van der Waals surface area contributed by atoms with Gasteiger partial charge in [0, 0.05) is 36.2 Å². The van der Waals surface area contributed by atoms with E-state index in [0.29, 0.717) is 0 Å². The Morgan fingerprint density at radius 2 is 1.93 bits per heavy atom. The van der Waals surface area contributed by atoms with Crippen LogP contribution in [-0.2, 0) is 0 Å². The van der Waals surface area contributed by atoms with Crippen molar-refractivity contribution in [1.29, 1.82) is 0 Å². The zero-order valence-electron chi connectivity index (χ0n) is 8.86. The first-order valence-electron chi connectivity index (χ1n) is 5.03. The van der Waals surface area contributed by atoms with Crippen molar-refractivity contribution in [3.63, 3.8) is 0 Å². The highest BCUT2D eigenvalue weighted by Gasteiger charge is 2.02. The van der Waals surface area contributed by atoms with Gasteiger partial charge in [-0.1, -0.05) is 0 Å². The number of rotatable bonds is 6. The average molecular weight is 321 g/mol. The van der Waals surface area contributed by atoms with Crippen molar-refractivity contribution in [2.75, 3.05) is 25.1 Å². The molecule has 1 heterocycles. The summed E-state index contributed by atoms with van der Waals surface area (Å²) in [5.41, 5.74) is 0. The second-order valence-electron chi connectivity index (χ2n) is 3.41. The van der Waals surface area contributed by atoms with E-state index in [-0.39, 0.29) is 6.61 Å². The second kappa shape index (κ2) is 6.95. The van der Waals surface area contributed by atoms with E-state index in [4.69, 9.17) is 5.11 Å². The number of hydrogen-bond acceptors (Lipinski definition) is 4. The Morgan fingerprint density at radius 1 is 1.27 bits per heavy atom. The molecule has 0 aliphatic carbocycles. The summed E-state index contributed by atoms with van der Waals surface area (Å²) in [6, 6.07) is 0. The Labute approximate surface area is 104 Å². The standard InChI is InChI=1S/C10H16IN3O/c1-14(5-3-2-4-6-15)10-12-7-9(11)8-13-10/h7-8,15H,2-6H2,1H3. The lowest BCUT2D eigenvalue weighted by Crippen LogP contribution is -2.20. The van der Waals surface area contributed by atoms with Gasteiger partial charge in [0.25, 0.3) is 0 Å². The molecule has 5 heteroatoms. The molecule has 1 N–H and O–H groups in total. The van der Waals surface area contributed by atoms with Crippen LogP contribution in [-0.4, -0.2) is 35.3 Å². The third-order valence-electron chi connectivity index (χ3n) is 2.10. The van der Waals surface area contributed by atoms with Crippen molar-refractivity contribution in [3.05, 3.63) is 16.0 Å². The molecule has 0 atom stereocenters. The van der Waals surface area contributed by atoms with Crippen LogP contribution < -0.4 is 4.90 Å². The van der Waals surface area contributed by atoms with E-state index in [0.717, 1.165) is 35.3 Å². The Hall–Kier alpha value is -0.430. The third-order valence-corrected chi connectivity index (χ3v) is 2.66. The van der Waals surface area contributed by atoms with E-state index in [2.05, 4.69) is 32.6 Å². The fourth-order valence-electron chi connectivity index (χ4n) is 1.24. The lowest BCUT2D eigenvalue weighted by molar-refractivity contribution is 0.283. The minimum absolute atomic E-state index is 0.281. The molecular formula is C10H16IN3O. The molecule has 1 rings (SSSR count). The summed E-state index contributed by atoms with van der Waals surface area (Å²) >= 11 is 2.19. The van der Waals surface area contributed by atoms with E-state index in [9.17, 15) is 0 Å². The number of unbranched alkanes of at least 4 members (excludes halogenated alkanes) is 2. The summed E-state index contributed by atoms with van der Waals surface area (Å²) in [5, 5.41) is 8.64. The highest BCUT2D eigenvalue weighted by Crippen LogP contribution is 2.07. The third kappa shape index (κ3) is 4.74. The normalized spacial score (nSPS) is 10.3. The Kier molecular flexibility index (Phi) is 5.85. The molecule has 0 radical (unpaired) electrons. The molecule has 15 heavy (non-hydrogen) atoms. The van der Waals surface area contributed by atoms with Crippen LogP contribution >= 0.6 is 22.6 Å². The van der Waals surface area contributed by atoms with Crippen LogP contribution in [0.2, 0.25) is 0 Å². The fraction of sp³-hybridized carbons (Fsp3) is 0.600. The molecule has 0 amide bonds. The quantitative estimate of drug-likeness (QED) is 0.640. The van der Waals surface area contributed by atoms with Crippen molar-refractivity contribution in [2.24, 2.45) is 0 Å². The molecule has 4 nitrogen and oxygen atoms in total. The van der Waals surface area contributed by atoms with Crippen molar-refractivity contribution in [3.8, 4) is 0 Å². The number of hydrogen-bond donors (Lipinski definition) is 1. The topological polar surface area (TPSA) is 49.2 Å². The van der Waals surface area contributed by atoms with Crippen LogP contribution in [0, 0.1) is 3.57 Å². The number of aliphatic hydroxyl groups excluding tert-OH is 1. The van der Waals surface area contributed by atoms with Gasteiger partial charge >= 0.3 is 0 Å². The Balaban J connectivity index is 2.33. The molecule has 0 bridgehead atoms. The molecule has 0 saturated carbocycles. The summed E-state index contributed by atoms with van der Waals surface area (Å²) in [6.07, 6.45) is 6.61. The largest absolute Gasteiger partial charge is 0.396 e. The molecular weight excluding hydrogens is 305 g/mol. The first kappa shape index (κ1) is 12.6. The first-order chi connectivity index (χ1) is 7.24. The van der Waals surface area contributed by atoms with Crippen LogP contribution in [0.1, 0.15) is 19.3 Å². The molecule has 1 aromatic heterocycles.